The number of aromatic amines is 1. The summed E-state index contributed by atoms with van der Waals surface area (Å²) in [6, 6.07) is 9.98. The van der Waals surface area contributed by atoms with E-state index in [9.17, 15) is 0 Å². The second kappa shape index (κ2) is 5.14. The van der Waals surface area contributed by atoms with Crippen LogP contribution in [-0.2, 0) is 0 Å². The van der Waals surface area contributed by atoms with E-state index in [4.69, 9.17) is 5.73 Å². The lowest BCUT2D eigenvalue weighted by Gasteiger charge is -2.12. The molecule has 0 bridgehead atoms. The molecule has 0 fully saturated rings. The summed E-state index contributed by atoms with van der Waals surface area (Å²) in [7, 11) is 0. The summed E-state index contributed by atoms with van der Waals surface area (Å²) in [6.07, 6.45) is 0. The van der Waals surface area contributed by atoms with E-state index in [1.165, 1.54) is 0 Å². The fourth-order valence-corrected chi connectivity index (χ4v) is 1.84. The van der Waals surface area contributed by atoms with Gasteiger partial charge in [-0.1, -0.05) is 30.3 Å². The molecule has 2 aromatic rings. The molecule has 0 spiro atoms. The van der Waals surface area contributed by atoms with Crippen LogP contribution in [-0.4, -0.2) is 10.2 Å². The van der Waals surface area contributed by atoms with Gasteiger partial charge in [0.1, 0.15) is 0 Å². The largest absolute Gasteiger partial charge is 0.320 e. The molecule has 0 saturated heterocycles. The molecule has 4 heteroatoms. The SMILES string of the molecule is Cc1n[nH]c(C)c1C(N)c1ccccc1.Cl. The molecule has 0 aliphatic rings. The molecule has 3 N–H and O–H groups in total. The van der Waals surface area contributed by atoms with Crippen molar-refractivity contribution in [3.05, 3.63) is 52.8 Å². The van der Waals surface area contributed by atoms with Crippen molar-refractivity contribution in [2.24, 2.45) is 5.73 Å². The molecule has 86 valence electrons. The van der Waals surface area contributed by atoms with Crippen LogP contribution in [0.15, 0.2) is 30.3 Å². The van der Waals surface area contributed by atoms with Gasteiger partial charge < -0.3 is 5.73 Å². The fraction of sp³-hybridized carbons (Fsp3) is 0.250. The maximum atomic E-state index is 6.20. The van der Waals surface area contributed by atoms with Crippen molar-refractivity contribution in [2.45, 2.75) is 19.9 Å². The molecule has 1 heterocycles. The van der Waals surface area contributed by atoms with Gasteiger partial charge in [0.2, 0.25) is 0 Å². The van der Waals surface area contributed by atoms with Crippen LogP contribution in [0.3, 0.4) is 0 Å². The van der Waals surface area contributed by atoms with E-state index in [-0.39, 0.29) is 18.4 Å². The average molecular weight is 238 g/mol. The van der Waals surface area contributed by atoms with Crippen LogP contribution in [0.5, 0.6) is 0 Å². The Bertz CT molecular complexity index is 431. The van der Waals surface area contributed by atoms with Crippen molar-refractivity contribution in [3.8, 4) is 0 Å². The molecule has 0 amide bonds. The topological polar surface area (TPSA) is 54.7 Å². The zero-order valence-corrected chi connectivity index (χ0v) is 10.2. The van der Waals surface area contributed by atoms with Gasteiger partial charge in [0.05, 0.1) is 11.7 Å². The van der Waals surface area contributed by atoms with E-state index in [1.54, 1.807) is 0 Å². The summed E-state index contributed by atoms with van der Waals surface area (Å²) in [4.78, 5) is 0. The molecule has 0 radical (unpaired) electrons. The molecule has 1 aromatic carbocycles. The molecule has 1 unspecified atom stereocenters. The highest BCUT2D eigenvalue weighted by molar-refractivity contribution is 5.85. The lowest BCUT2D eigenvalue weighted by Crippen LogP contribution is -2.13. The Labute approximate surface area is 101 Å². The van der Waals surface area contributed by atoms with Crippen LogP contribution in [0.25, 0.3) is 0 Å². The van der Waals surface area contributed by atoms with Crippen LogP contribution >= 0.6 is 12.4 Å². The fourth-order valence-electron chi connectivity index (χ4n) is 1.84. The molecule has 1 aromatic heterocycles. The summed E-state index contributed by atoms with van der Waals surface area (Å²) in [5, 5.41) is 7.12. The van der Waals surface area contributed by atoms with Gasteiger partial charge in [-0.3, -0.25) is 5.10 Å². The maximum Gasteiger partial charge on any atom is 0.0645 e. The third-order valence-electron chi connectivity index (χ3n) is 2.65. The van der Waals surface area contributed by atoms with Crippen molar-refractivity contribution in [2.75, 3.05) is 0 Å². The second-order valence-corrected chi connectivity index (χ2v) is 3.74. The summed E-state index contributed by atoms with van der Waals surface area (Å²) in [5.41, 5.74) is 10.4. The number of hydrogen-bond acceptors (Lipinski definition) is 2. The van der Waals surface area contributed by atoms with Gasteiger partial charge in [-0.15, -0.1) is 12.4 Å². The summed E-state index contributed by atoms with van der Waals surface area (Å²) in [5.74, 6) is 0. The van der Waals surface area contributed by atoms with E-state index in [0.29, 0.717) is 0 Å². The molecule has 1 atom stereocenters. The normalized spacial score (nSPS) is 11.9. The van der Waals surface area contributed by atoms with Crippen LogP contribution in [0, 0.1) is 13.8 Å². The molecular weight excluding hydrogens is 222 g/mol. The summed E-state index contributed by atoms with van der Waals surface area (Å²) in [6.45, 7) is 3.97. The van der Waals surface area contributed by atoms with Gasteiger partial charge in [0.25, 0.3) is 0 Å². The number of nitrogens with one attached hydrogen (secondary N) is 1. The highest BCUT2D eigenvalue weighted by Crippen LogP contribution is 2.23. The van der Waals surface area contributed by atoms with Gasteiger partial charge in [0.15, 0.2) is 0 Å². The monoisotopic (exact) mass is 237 g/mol. The number of hydrogen-bond donors (Lipinski definition) is 2. The van der Waals surface area contributed by atoms with Gasteiger partial charge in [-0.05, 0) is 19.4 Å². The first kappa shape index (κ1) is 12.7. The number of aryl methyl sites for hydroxylation is 2. The van der Waals surface area contributed by atoms with Crippen molar-refractivity contribution in [1.82, 2.24) is 10.2 Å². The highest BCUT2D eigenvalue weighted by atomic mass is 35.5. The summed E-state index contributed by atoms with van der Waals surface area (Å²) < 4.78 is 0. The van der Waals surface area contributed by atoms with Crippen LogP contribution < -0.4 is 5.73 Å². The minimum Gasteiger partial charge on any atom is -0.320 e. The van der Waals surface area contributed by atoms with Gasteiger partial charge >= 0.3 is 0 Å². The van der Waals surface area contributed by atoms with Crippen molar-refractivity contribution >= 4 is 12.4 Å². The predicted molar refractivity (Wildman–Crippen MR) is 67.8 cm³/mol. The number of benzene rings is 1. The molecule has 2 rings (SSSR count). The van der Waals surface area contributed by atoms with Crippen molar-refractivity contribution in [3.63, 3.8) is 0 Å². The van der Waals surface area contributed by atoms with Crippen molar-refractivity contribution < 1.29 is 0 Å². The zero-order chi connectivity index (χ0) is 10.8. The van der Waals surface area contributed by atoms with Gasteiger partial charge in [-0.2, -0.15) is 5.10 Å². The first-order valence-corrected chi connectivity index (χ1v) is 5.02. The third kappa shape index (κ3) is 2.26. The smallest absolute Gasteiger partial charge is 0.0645 e. The Kier molecular flexibility index (Phi) is 4.10. The average Bonchev–Trinajstić information content (AvgIpc) is 2.59. The van der Waals surface area contributed by atoms with Crippen LogP contribution in [0.2, 0.25) is 0 Å². The Morgan fingerprint density at radius 3 is 2.31 bits per heavy atom. The number of halogens is 1. The Balaban J connectivity index is 0.00000128. The molecule has 0 aliphatic heterocycles. The van der Waals surface area contributed by atoms with Gasteiger partial charge in [0, 0.05) is 11.3 Å². The third-order valence-corrected chi connectivity index (χ3v) is 2.65. The molecule has 3 nitrogen and oxygen atoms in total. The van der Waals surface area contributed by atoms with Crippen molar-refractivity contribution in [1.29, 1.82) is 0 Å². The lowest BCUT2D eigenvalue weighted by molar-refractivity contribution is 0.853. The maximum absolute atomic E-state index is 6.20. The standard InChI is InChI=1S/C12H15N3.ClH/c1-8-11(9(2)15-14-8)12(13)10-6-4-3-5-7-10;/h3-7,12H,13H2,1-2H3,(H,14,15);1H. The minimum atomic E-state index is -0.0926. The highest BCUT2D eigenvalue weighted by Gasteiger charge is 2.15. The molecular formula is C12H16ClN3. The Morgan fingerprint density at radius 2 is 1.81 bits per heavy atom. The first-order chi connectivity index (χ1) is 7.20. The molecule has 0 saturated carbocycles. The Morgan fingerprint density at radius 1 is 1.19 bits per heavy atom. The van der Waals surface area contributed by atoms with E-state index in [2.05, 4.69) is 10.2 Å². The van der Waals surface area contributed by atoms with E-state index in [1.807, 2.05) is 44.2 Å². The number of nitrogens with two attached hydrogens (primary N) is 1. The van der Waals surface area contributed by atoms with Crippen LogP contribution in [0.4, 0.5) is 0 Å². The van der Waals surface area contributed by atoms with E-state index in [0.717, 1.165) is 22.5 Å². The van der Waals surface area contributed by atoms with E-state index < -0.39 is 0 Å². The summed E-state index contributed by atoms with van der Waals surface area (Å²) >= 11 is 0. The predicted octanol–water partition coefficient (Wildman–Crippen LogP) is 2.50. The number of H-pyrrole nitrogens is 1. The number of aromatic nitrogens is 2. The lowest BCUT2D eigenvalue weighted by atomic mass is 9.98. The molecule has 16 heavy (non-hydrogen) atoms. The second-order valence-electron chi connectivity index (χ2n) is 3.74. The van der Waals surface area contributed by atoms with E-state index >= 15 is 0 Å². The first-order valence-electron chi connectivity index (χ1n) is 5.02. The van der Waals surface area contributed by atoms with Crippen LogP contribution in [0.1, 0.15) is 28.6 Å². The number of nitrogens with zero attached hydrogens (tertiary/aromatic N) is 1. The molecule has 0 aliphatic carbocycles. The quantitative estimate of drug-likeness (QED) is 0.843. The Hall–Kier alpha value is -1.32. The number of rotatable bonds is 2. The van der Waals surface area contributed by atoms with Gasteiger partial charge in [-0.25, -0.2) is 0 Å². The zero-order valence-electron chi connectivity index (χ0n) is 9.40. The minimum absolute atomic E-state index is 0.